The molecular formula is C13H17NO2. The highest BCUT2D eigenvalue weighted by molar-refractivity contribution is 5.99. The molecule has 86 valence electrons. The molecule has 0 atom stereocenters. The van der Waals surface area contributed by atoms with Gasteiger partial charge >= 0.3 is 0 Å². The molecule has 0 saturated heterocycles. The van der Waals surface area contributed by atoms with Crippen LogP contribution in [0.15, 0.2) is 17.1 Å². The first-order valence-corrected chi connectivity index (χ1v) is 5.62. The summed E-state index contributed by atoms with van der Waals surface area (Å²) in [5, 5.41) is 0. The van der Waals surface area contributed by atoms with Gasteiger partial charge in [-0.2, -0.15) is 0 Å². The summed E-state index contributed by atoms with van der Waals surface area (Å²) in [5.74, 6) is 1.83. The van der Waals surface area contributed by atoms with E-state index in [1.165, 1.54) is 0 Å². The van der Waals surface area contributed by atoms with E-state index >= 15 is 0 Å². The fourth-order valence-electron chi connectivity index (χ4n) is 2.20. The van der Waals surface area contributed by atoms with Crippen molar-refractivity contribution in [2.45, 2.75) is 32.7 Å². The lowest BCUT2D eigenvalue weighted by Crippen LogP contribution is -2.18. The molecule has 1 aliphatic heterocycles. The minimum atomic E-state index is 0.0891. The van der Waals surface area contributed by atoms with Gasteiger partial charge in [-0.05, 0) is 19.8 Å². The maximum Gasteiger partial charge on any atom is 0.257 e. The molecule has 0 spiro atoms. The summed E-state index contributed by atoms with van der Waals surface area (Å²) in [7, 11) is 1.83. The second kappa shape index (κ2) is 4.16. The Hall–Kier alpha value is -1.51. The van der Waals surface area contributed by atoms with E-state index in [2.05, 4.69) is 6.58 Å². The third-order valence-electron chi connectivity index (χ3n) is 3.03. The summed E-state index contributed by atoms with van der Waals surface area (Å²) < 4.78 is 5.67. The number of carbonyl (C=O) groups is 1. The Balaban J connectivity index is 2.23. The summed E-state index contributed by atoms with van der Waals surface area (Å²) >= 11 is 0. The van der Waals surface area contributed by atoms with Gasteiger partial charge in [-0.1, -0.05) is 6.08 Å². The molecule has 16 heavy (non-hydrogen) atoms. The van der Waals surface area contributed by atoms with Crippen LogP contribution in [0.1, 0.15) is 40.3 Å². The number of amides is 1. The number of nitrogens with zero attached hydrogens (tertiary/aromatic N) is 1. The molecule has 0 bridgehead atoms. The first-order valence-electron chi connectivity index (χ1n) is 5.62. The number of fused-ring (bicyclic) bond motifs is 1. The highest BCUT2D eigenvalue weighted by Crippen LogP contribution is 2.31. The summed E-state index contributed by atoms with van der Waals surface area (Å²) in [6.07, 6.45) is 4.82. The molecule has 1 aromatic rings. The second-order valence-corrected chi connectivity index (χ2v) is 4.28. The largest absolute Gasteiger partial charge is 0.465 e. The number of hydrogen-bond donors (Lipinski definition) is 0. The summed E-state index contributed by atoms with van der Waals surface area (Å²) in [5.41, 5.74) is 1.88. The number of hydrogen-bond acceptors (Lipinski definition) is 2. The van der Waals surface area contributed by atoms with E-state index in [1.807, 2.05) is 20.0 Å². The molecule has 0 radical (unpaired) electrons. The zero-order valence-corrected chi connectivity index (χ0v) is 9.88. The van der Waals surface area contributed by atoms with E-state index in [9.17, 15) is 4.79 Å². The van der Waals surface area contributed by atoms with Gasteiger partial charge in [0.05, 0.1) is 5.56 Å². The van der Waals surface area contributed by atoms with E-state index in [4.69, 9.17) is 4.42 Å². The average Bonchev–Trinajstić information content (AvgIpc) is 2.69. The molecule has 0 saturated carbocycles. The van der Waals surface area contributed by atoms with E-state index in [1.54, 1.807) is 4.90 Å². The van der Waals surface area contributed by atoms with Gasteiger partial charge in [0.15, 0.2) is 0 Å². The quantitative estimate of drug-likeness (QED) is 0.576. The van der Waals surface area contributed by atoms with Crippen molar-refractivity contribution in [3.05, 3.63) is 35.3 Å². The van der Waals surface area contributed by atoms with Crippen LogP contribution in [0.2, 0.25) is 0 Å². The van der Waals surface area contributed by atoms with Crippen molar-refractivity contribution in [3.63, 3.8) is 0 Å². The highest BCUT2D eigenvalue weighted by atomic mass is 16.3. The van der Waals surface area contributed by atoms with Crippen LogP contribution in [-0.2, 0) is 13.0 Å². The van der Waals surface area contributed by atoms with Crippen LogP contribution in [0.25, 0.3) is 0 Å². The zero-order chi connectivity index (χ0) is 11.7. The maximum absolute atomic E-state index is 11.8. The fraction of sp³-hybridized carbons (Fsp3) is 0.462. The molecule has 2 heterocycles. The predicted molar refractivity (Wildman–Crippen MR) is 62.4 cm³/mol. The molecule has 0 unspecified atom stereocenters. The Bertz CT molecular complexity index is 431. The SMILES string of the molecule is C=CCCCc1oc(C)c2c1CN(C)C2=O. The van der Waals surface area contributed by atoms with Gasteiger partial charge in [0.25, 0.3) is 5.91 Å². The molecule has 0 N–H and O–H groups in total. The Morgan fingerprint density at radius 2 is 2.31 bits per heavy atom. The lowest BCUT2D eigenvalue weighted by atomic mass is 10.1. The summed E-state index contributed by atoms with van der Waals surface area (Å²) in [6, 6.07) is 0. The topological polar surface area (TPSA) is 33.5 Å². The normalized spacial score (nSPS) is 14.4. The van der Waals surface area contributed by atoms with Crippen LogP contribution in [0, 0.1) is 6.92 Å². The van der Waals surface area contributed by atoms with Gasteiger partial charge < -0.3 is 9.32 Å². The van der Waals surface area contributed by atoms with Crippen LogP contribution < -0.4 is 0 Å². The summed E-state index contributed by atoms with van der Waals surface area (Å²) in [4.78, 5) is 13.6. The van der Waals surface area contributed by atoms with Gasteiger partial charge in [0.1, 0.15) is 11.5 Å². The van der Waals surface area contributed by atoms with E-state index < -0.39 is 0 Å². The van der Waals surface area contributed by atoms with Crippen molar-refractivity contribution in [2.75, 3.05) is 7.05 Å². The van der Waals surface area contributed by atoms with Crippen molar-refractivity contribution in [2.24, 2.45) is 0 Å². The number of unbranched alkanes of at least 4 members (excludes halogenated alkanes) is 1. The van der Waals surface area contributed by atoms with E-state index in [0.717, 1.165) is 41.9 Å². The fourth-order valence-corrected chi connectivity index (χ4v) is 2.20. The highest BCUT2D eigenvalue weighted by Gasteiger charge is 2.32. The smallest absolute Gasteiger partial charge is 0.257 e. The lowest BCUT2D eigenvalue weighted by molar-refractivity contribution is 0.0812. The predicted octanol–water partition coefficient (Wildman–Crippen LogP) is 2.68. The molecule has 3 heteroatoms. The Kier molecular flexibility index (Phi) is 2.86. The standard InChI is InChI=1S/C13H17NO2/c1-4-5-6-7-11-10-8-14(3)13(15)12(10)9(2)16-11/h4H,1,5-8H2,2-3H3. The molecule has 0 fully saturated rings. The number of rotatable bonds is 4. The second-order valence-electron chi connectivity index (χ2n) is 4.28. The van der Waals surface area contributed by atoms with Crippen LogP contribution in [0.4, 0.5) is 0 Å². The van der Waals surface area contributed by atoms with Gasteiger partial charge in [0.2, 0.25) is 0 Å². The van der Waals surface area contributed by atoms with Crippen molar-refractivity contribution < 1.29 is 9.21 Å². The van der Waals surface area contributed by atoms with Crippen molar-refractivity contribution >= 4 is 5.91 Å². The molecular weight excluding hydrogens is 202 g/mol. The van der Waals surface area contributed by atoms with Crippen LogP contribution >= 0.6 is 0 Å². The molecule has 0 aliphatic carbocycles. The molecule has 1 aromatic heterocycles. The van der Waals surface area contributed by atoms with E-state index in [-0.39, 0.29) is 5.91 Å². The number of furan rings is 1. The molecule has 1 amide bonds. The van der Waals surface area contributed by atoms with Crippen LogP contribution in [-0.4, -0.2) is 17.9 Å². The van der Waals surface area contributed by atoms with Crippen molar-refractivity contribution in [1.82, 2.24) is 4.90 Å². The third-order valence-corrected chi connectivity index (χ3v) is 3.03. The monoisotopic (exact) mass is 219 g/mol. The maximum atomic E-state index is 11.8. The van der Waals surface area contributed by atoms with E-state index in [0.29, 0.717) is 6.54 Å². The number of carbonyl (C=O) groups excluding carboxylic acids is 1. The molecule has 2 rings (SSSR count). The van der Waals surface area contributed by atoms with Crippen molar-refractivity contribution in [1.29, 1.82) is 0 Å². The number of aryl methyl sites for hydroxylation is 2. The summed E-state index contributed by atoms with van der Waals surface area (Å²) in [6.45, 7) is 6.26. The Morgan fingerprint density at radius 1 is 1.56 bits per heavy atom. The first kappa shape index (κ1) is 11.0. The lowest BCUT2D eigenvalue weighted by Gasteiger charge is -2.07. The average molecular weight is 219 g/mol. The first-order chi connectivity index (χ1) is 7.65. The van der Waals surface area contributed by atoms with Gasteiger partial charge in [-0.25, -0.2) is 0 Å². The van der Waals surface area contributed by atoms with Crippen LogP contribution in [0.5, 0.6) is 0 Å². The molecule has 3 nitrogen and oxygen atoms in total. The van der Waals surface area contributed by atoms with Crippen LogP contribution in [0.3, 0.4) is 0 Å². The van der Waals surface area contributed by atoms with Crippen molar-refractivity contribution in [3.8, 4) is 0 Å². The Morgan fingerprint density at radius 3 is 3.00 bits per heavy atom. The minimum absolute atomic E-state index is 0.0891. The molecule has 0 aromatic carbocycles. The zero-order valence-electron chi connectivity index (χ0n) is 9.88. The Labute approximate surface area is 95.7 Å². The van der Waals surface area contributed by atoms with Gasteiger partial charge in [-0.3, -0.25) is 4.79 Å². The minimum Gasteiger partial charge on any atom is -0.465 e. The molecule has 1 aliphatic rings. The third kappa shape index (κ3) is 1.66. The number of allylic oxidation sites excluding steroid dienone is 1. The van der Waals surface area contributed by atoms with Gasteiger partial charge in [0, 0.05) is 25.6 Å². The van der Waals surface area contributed by atoms with Gasteiger partial charge in [-0.15, -0.1) is 6.58 Å².